The van der Waals surface area contributed by atoms with Gasteiger partial charge in [0.25, 0.3) is 0 Å². The molecule has 3 heteroatoms. The van der Waals surface area contributed by atoms with E-state index in [4.69, 9.17) is 4.74 Å². The molecule has 148 valence electrons. The zero-order chi connectivity index (χ0) is 20.1. The van der Waals surface area contributed by atoms with Crippen molar-refractivity contribution < 1.29 is 4.74 Å². The Labute approximate surface area is 175 Å². The van der Waals surface area contributed by atoms with E-state index >= 15 is 0 Å². The summed E-state index contributed by atoms with van der Waals surface area (Å²) in [6.45, 7) is 14.6. The zero-order valence-corrected chi connectivity index (χ0v) is 19.3. The van der Waals surface area contributed by atoms with E-state index in [1.165, 1.54) is 15.4 Å². The normalized spacial score (nSPS) is 12.3. The number of hydrogen-bond acceptors (Lipinski definition) is 3. The van der Waals surface area contributed by atoms with Gasteiger partial charge < -0.3 is 4.74 Å². The number of rotatable bonds is 8. The minimum Gasteiger partial charge on any atom is -0.492 e. The molecule has 1 nitrogen and oxygen atoms in total. The Balaban J connectivity index is 2.34. The minimum absolute atomic E-state index is 0.116. The molecule has 0 radical (unpaired) electrons. The Hall–Kier alpha value is -1.06. The lowest BCUT2D eigenvalue weighted by molar-refractivity contribution is 0.282. The summed E-state index contributed by atoms with van der Waals surface area (Å²) in [6.07, 6.45) is 3.35. The molecule has 0 heterocycles. The van der Waals surface area contributed by atoms with Crippen LogP contribution in [0.5, 0.6) is 5.75 Å². The van der Waals surface area contributed by atoms with Crippen LogP contribution in [0.1, 0.15) is 66.4 Å². The van der Waals surface area contributed by atoms with Gasteiger partial charge in [-0.1, -0.05) is 65.8 Å². The van der Waals surface area contributed by atoms with E-state index in [1.54, 1.807) is 11.8 Å². The van der Waals surface area contributed by atoms with E-state index in [9.17, 15) is 0 Å². The van der Waals surface area contributed by atoms with Crippen molar-refractivity contribution in [1.82, 2.24) is 0 Å². The number of benzene rings is 2. The van der Waals surface area contributed by atoms with Gasteiger partial charge in [-0.2, -0.15) is 0 Å². The second kappa shape index (κ2) is 9.43. The first-order valence-electron chi connectivity index (χ1n) is 9.85. The fourth-order valence-electron chi connectivity index (χ4n) is 3.52. The van der Waals surface area contributed by atoms with Crippen LogP contribution in [-0.2, 0) is 5.41 Å². The monoisotopic (exact) mass is 402 g/mol. The van der Waals surface area contributed by atoms with Crippen LogP contribution in [0.15, 0.2) is 57.2 Å². The molecule has 0 saturated heterocycles. The van der Waals surface area contributed by atoms with E-state index in [2.05, 4.69) is 84.5 Å². The molecule has 2 aromatic rings. The Morgan fingerprint density at radius 3 is 2.22 bits per heavy atom. The van der Waals surface area contributed by atoms with Crippen LogP contribution in [0.3, 0.4) is 0 Å². The van der Waals surface area contributed by atoms with Crippen molar-refractivity contribution in [2.75, 3.05) is 6.61 Å². The zero-order valence-electron chi connectivity index (χ0n) is 17.6. The van der Waals surface area contributed by atoms with Crippen molar-refractivity contribution in [3.63, 3.8) is 0 Å². The Morgan fingerprint density at radius 2 is 1.63 bits per heavy atom. The fraction of sp³-hybridized carbons (Fsp3) is 0.500. The average Bonchev–Trinajstić information content (AvgIpc) is 2.56. The van der Waals surface area contributed by atoms with Crippen molar-refractivity contribution in [3.05, 3.63) is 48.0 Å². The average molecular weight is 403 g/mol. The molecule has 0 fully saturated rings. The number of thiol groups is 1. The topological polar surface area (TPSA) is 9.23 Å². The number of ether oxygens (including phenoxy) is 1. The first-order chi connectivity index (χ1) is 12.6. The highest BCUT2D eigenvalue weighted by molar-refractivity contribution is 7.99. The summed E-state index contributed by atoms with van der Waals surface area (Å²) in [6, 6.07) is 15.0. The third kappa shape index (κ3) is 7.12. The van der Waals surface area contributed by atoms with Crippen LogP contribution in [-0.4, -0.2) is 6.61 Å². The molecule has 0 saturated carbocycles. The second-order valence-electron chi connectivity index (χ2n) is 9.08. The fourth-order valence-corrected chi connectivity index (χ4v) is 4.61. The predicted octanol–water partition coefficient (Wildman–Crippen LogP) is 8.02. The highest BCUT2D eigenvalue weighted by Gasteiger charge is 2.28. The largest absolute Gasteiger partial charge is 0.492 e. The van der Waals surface area contributed by atoms with Gasteiger partial charge in [0.1, 0.15) is 5.75 Å². The molecule has 2 aromatic carbocycles. The number of hydrogen-bond donors (Lipinski definition) is 1. The lowest BCUT2D eigenvalue weighted by atomic mass is 9.72. The molecule has 0 aromatic heterocycles. The third-order valence-corrected chi connectivity index (χ3v) is 5.86. The molecule has 0 spiro atoms. The summed E-state index contributed by atoms with van der Waals surface area (Å²) < 4.78 is 6.11. The maximum absolute atomic E-state index is 6.11. The van der Waals surface area contributed by atoms with Crippen molar-refractivity contribution in [2.45, 2.75) is 80.9 Å². The van der Waals surface area contributed by atoms with Gasteiger partial charge >= 0.3 is 0 Å². The van der Waals surface area contributed by atoms with Crippen molar-refractivity contribution >= 4 is 24.4 Å². The highest BCUT2D eigenvalue weighted by atomic mass is 32.2. The molecule has 0 unspecified atom stereocenters. The molecule has 0 atom stereocenters. The Kier molecular flexibility index (Phi) is 7.76. The van der Waals surface area contributed by atoms with Crippen LogP contribution in [0.2, 0.25) is 0 Å². The first-order valence-corrected chi connectivity index (χ1v) is 11.1. The quantitative estimate of drug-likeness (QED) is 0.353. The van der Waals surface area contributed by atoms with E-state index in [0.29, 0.717) is 0 Å². The summed E-state index contributed by atoms with van der Waals surface area (Å²) >= 11 is 6.16. The van der Waals surface area contributed by atoms with Gasteiger partial charge in [-0.05, 0) is 65.6 Å². The van der Waals surface area contributed by atoms with Gasteiger partial charge in [0.2, 0.25) is 0 Å². The van der Waals surface area contributed by atoms with Gasteiger partial charge in [0.05, 0.1) is 11.5 Å². The third-order valence-electron chi connectivity index (χ3n) is 4.52. The van der Waals surface area contributed by atoms with E-state index in [-0.39, 0.29) is 10.8 Å². The van der Waals surface area contributed by atoms with E-state index < -0.39 is 0 Å². The maximum Gasteiger partial charge on any atom is 0.133 e. The predicted molar refractivity (Wildman–Crippen MR) is 122 cm³/mol. The summed E-state index contributed by atoms with van der Waals surface area (Å²) in [7, 11) is 0. The van der Waals surface area contributed by atoms with Gasteiger partial charge in [0, 0.05) is 9.79 Å². The van der Waals surface area contributed by atoms with Crippen LogP contribution in [0.25, 0.3) is 0 Å². The smallest absolute Gasteiger partial charge is 0.133 e. The van der Waals surface area contributed by atoms with Crippen molar-refractivity contribution in [1.29, 1.82) is 0 Å². The SMILES string of the molecule is CCCCOc1ccc(C(C)(C)CC(C)(C)C)cc1Sc1ccc(S)cc1. The standard InChI is InChI=1S/C24H34OS2/c1-7-8-15-25-21-14-9-18(24(5,6)17-23(2,3)4)16-22(21)27-20-12-10-19(26)11-13-20/h9-14,16,26H,7-8,15,17H2,1-6H3. The van der Waals surface area contributed by atoms with Crippen LogP contribution in [0.4, 0.5) is 0 Å². The van der Waals surface area contributed by atoms with Gasteiger partial charge in [-0.25, -0.2) is 0 Å². The second-order valence-corrected chi connectivity index (χ2v) is 10.7. The van der Waals surface area contributed by atoms with Crippen LogP contribution >= 0.6 is 24.4 Å². The van der Waals surface area contributed by atoms with E-state index in [0.717, 1.165) is 36.5 Å². The molecule has 27 heavy (non-hydrogen) atoms. The molecular formula is C24H34OS2. The molecular weight excluding hydrogens is 368 g/mol. The lowest BCUT2D eigenvalue weighted by Gasteiger charge is -2.33. The summed E-state index contributed by atoms with van der Waals surface area (Å²) in [5.41, 5.74) is 1.77. The molecule has 0 aliphatic rings. The molecule has 0 N–H and O–H groups in total. The highest BCUT2D eigenvalue weighted by Crippen LogP contribution is 2.41. The first kappa shape index (κ1) is 22.2. The van der Waals surface area contributed by atoms with Gasteiger partial charge in [-0.15, -0.1) is 12.6 Å². The Bertz CT molecular complexity index is 727. The molecule has 0 aliphatic carbocycles. The summed E-state index contributed by atoms with van der Waals surface area (Å²) in [4.78, 5) is 3.38. The Morgan fingerprint density at radius 1 is 0.963 bits per heavy atom. The van der Waals surface area contributed by atoms with Crippen molar-refractivity contribution in [2.24, 2.45) is 5.41 Å². The maximum atomic E-state index is 6.11. The lowest BCUT2D eigenvalue weighted by Crippen LogP contribution is -2.24. The van der Waals surface area contributed by atoms with Crippen LogP contribution in [0, 0.1) is 5.41 Å². The summed E-state index contributed by atoms with van der Waals surface area (Å²) in [5, 5.41) is 0. The van der Waals surface area contributed by atoms with Crippen molar-refractivity contribution in [3.8, 4) is 5.75 Å². The summed E-state index contributed by atoms with van der Waals surface area (Å²) in [5.74, 6) is 0.985. The van der Waals surface area contributed by atoms with Gasteiger partial charge in [-0.3, -0.25) is 0 Å². The van der Waals surface area contributed by atoms with Gasteiger partial charge in [0.15, 0.2) is 0 Å². The minimum atomic E-state index is 0.116. The molecule has 2 rings (SSSR count). The van der Waals surface area contributed by atoms with E-state index in [1.807, 2.05) is 12.1 Å². The molecule has 0 bridgehead atoms. The molecule has 0 amide bonds. The van der Waals surface area contributed by atoms with Crippen LogP contribution < -0.4 is 4.74 Å². The molecule has 0 aliphatic heterocycles. The number of unbranched alkanes of at least 4 members (excludes halogenated alkanes) is 1.